The normalized spacial score (nSPS) is 20.9. The van der Waals surface area contributed by atoms with Crippen LogP contribution in [0.1, 0.15) is 35.2 Å². The lowest BCUT2D eigenvalue weighted by atomic mass is 10.0. The SMILES string of the molecule is O=C(Nc1cccc(N2CCC(NCC3CCS(=O)(=O)C3)CC2)c1)c1cccc(C(F)(F)F)c1. The van der Waals surface area contributed by atoms with Gasteiger partial charge in [-0.15, -0.1) is 0 Å². The Bertz CT molecular complexity index is 1130. The number of benzene rings is 2. The number of hydrogen-bond acceptors (Lipinski definition) is 5. The first-order chi connectivity index (χ1) is 16.1. The van der Waals surface area contributed by atoms with Gasteiger partial charge in [0, 0.05) is 36.1 Å². The fourth-order valence-electron chi connectivity index (χ4n) is 4.53. The summed E-state index contributed by atoms with van der Waals surface area (Å²) in [5.41, 5.74) is 0.534. The minimum atomic E-state index is -4.51. The van der Waals surface area contributed by atoms with Gasteiger partial charge in [-0.2, -0.15) is 13.2 Å². The van der Waals surface area contributed by atoms with Gasteiger partial charge in [-0.05, 0) is 68.1 Å². The van der Waals surface area contributed by atoms with Gasteiger partial charge < -0.3 is 15.5 Å². The van der Waals surface area contributed by atoms with E-state index < -0.39 is 27.5 Å². The molecule has 0 saturated carbocycles. The highest BCUT2D eigenvalue weighted by molar-refractivity contribution is 7.91. The van der Waals surface area contributed by atoms with Crippen molar-refractivity contribution >= 4 is 27.1 Å². The van der Waals surface area contributed by atoms with E-state index in [0.29, 0.717) is 17.5 Å². The number of hydrogen-bond donors (Lipinski definition) is 2. The fourth-order valence-corrected chi connectivity index (χ4v) is 6.39. The molecule has 0 radical (unpaired) electrons. The van der Waals surface area contributed by atoms with Crippen molar-refractivity contribution in [3.05, 3.63) is 59.7 Å². The van der Waals surface area contributed by atoms with E-state index >= 15 is 0 Å². The third kappa shape index (κ3) is 6.29. The maximum absolute atomic E-state index is 12.9. The topological polar surface area (TPSA) is 78.5 Å². The van der Waals surface area contributed by atoms with Crippen LogP contribution in [-0.2, 0) is 16.0 Å². The third-order valence-electron chi connectivity index (χ3n) is 6.44. The number of carbonyl (C=O) groups excluding carboxylic acids is 1. The van der Waals surface area contributed by atoms with Crippen LogP contribution in [0.3, 0.4) is 0 Å². The van der Waals surface area contributed by atoms with Crippen LogP contribution in [0.25, 0.3) is 0 Å². The van der Waals surface area contributed by atoms with E-state index in [1.54, 1.807) is 6.07 Å². The monoisotopic (exact) mass is 495 g/mol. The molecule has 2 fully saturated rings. The minimum absolute atomic E-state index is 0.0535. The van der Waals surface area contributed by atoms with Crippen molar-refractivity contribution in [1.29, 1.82) is 0 Å². The molecule has 2 aliphatic heterocycles. The van der Waals surface area contributed by atoms with Crippen LogP contribution >= 0.6 is 0 Å². The van der Waals surface area contributed by atoms with Crippen LogP contribution in [0.2, 0.25) is 0 Å². The average Bonchev–Trinajstić information content (AvgIpc) is 3.16. The lowest BCUT2D eigenvalue weighted by Crippen LogP contribution is -2.44. The van der Waals surface area contributed by atoms with E-state index in [1.165, 1.54) is 12.1 Å². The second-order valence-corrected chi connectivity index (χ2v) is 11.3. The van der Waals surface area contributed by atoms with Crippen molar-refractivity contribution in [3.8, 4) is 0 Å². The van der Waals surface area contributed by atoms with E-state index in [0.717, 1.165) is 56.7 Å². The molecule has 2 aliphatic rings. The average molecular weight is 496 g/mol. The van der Waals surface area contributed by atoms with Crippen molar-refractivity contribution in [2.24, 2.45) is 5.92 Å². The number of nitrogens with zero attached hydrogens (tertiary/aromatic N) is 1. The van der Waals surface area contributed by atoms with Gasteiger partial charge in [0.1, 0.15) is 0 Å². The van der Waals surface area contributed by atoms with Gasteiger partial charge in [-0.3, -0.25) is 4.79 Å². The quantitative estimate of drug-likeness (QED) is 0.635. The van der Waals surface area contributed by atoms with Gasteiger partial charge in [0.2, 0.25) is 0 Å². The molecule has 6 nitrogen and oxygen atoms in total. The Morgan fingerprint density at radius 3 is 2.44 bits per heavy atom. The number of nitrogens with one attached hydrogen (secondary N) is 2. The first-order valence-electron chi connectivity index (χ1n) is 11.4. The highest BCUT2D eigenvalue weighted by Gasteiger charge is 2.31. The lowest BCUT2D eigenvalue weighted by molar-refractivity contribution is -0.137. The Morgan fingerprint density at radius 1 is 1.03 bits per heavy atom. The van der Waals surface area contributed by atoms with Gasteiger partial charge in [0.15, 0.2) is 9.84 Å². The van der Waals surface area contributed by atoms with E-state index in [9.17, 15) is 26.4 Å². The molecule has 1 unspecified atom stereocenters. The Kier molecular flexibility index (Phi) is 7.18. The molecule has 2 aromatic carbocycles. The molecular formula is C24H28F3N3O3S. The molecule has 2 heterocycles. The van der Waals surface area contributed by atoms with Gasteiger partial charge >= 0.3 is 6.18 Å². The molecule has 1 amide bonds. The molecule has 1 atom stereocenters. The van der Waals surface area contributed by atoms with Gasteiger partial charge in [-0.1, -0.05) is 12.1 Å². The molecule has 0 spiro atoms. The second-order valence-electron chi connectivity index (χ2n) is 9.02. The predicted octanol–water partition coefficient (Wildman–Crippen LogP) is 3.95. The molecule has 2 saturated heterocycles. The summed E-state index contributed by atoms with van der Waals surface area (Å²) >= 11 is 0. The first kappa shape index (κ1) is 24.5. The van der Waals surface area contributed by atoms with E-state index in [2.05, 4.69) is 15.5 Å². The largest absolute Gasteiger partial charge is 0.416 e. The Hall–Kier alpha value is -2.59. The lowest BCUT2D eigenvalue weighted by Gasteiger charge is -2.34. The minimum Gasteiger partial charge on any atom is -0.371 e. The molecule has 10 heteroatoms. The molecule has 0 bridgehead atoms. The zero-order chi connectivity index (χ0) is 24.3. The second kappa shape index (κ2) is 9.95. The van der Waals surface area contributed by atoms with Gasteiger partial charge in [0.25, 0.3) is 5.91 Å². The highest BCUT2D eigenvalue weighted by Crippen LogP contribution is 2.30. The number of sulfone groups is 1. The maximum Gasteiger partial charge on any atom is 0.416 e. The summed E-state index contributed by atoms with van der Waals surface area (Å²) in [6.07, 6.45) is -1.94. The standard InChI is InChI=1S/C24H28F3N3O3S/c25-24(26,27)19-4-1-3-18(13-19)23(31)29-21-5-2-6-22(14-21)30-10-7-20(8-11-30)28-15-17-9-12-34(32,33)16-17/h1-6,13-14,17,20,28H,7-12,15-16H2,(H,29,31). The Morgan fingerprint density at radius 2 is 1.76 bits per heavy atom. The molecule has 4 rings (SSSR count). The predicted molar refractivity (Wildman–Crippen MR) is 126 cm³/mol. The van der Waals surface area contributed by atoms with E-state index in [-0.39, 0.29) is 17.2 Å². The number of rotatable bonds is 6. The Balaban J connectivity index is 1.30. The van der Waals surface area contributed by atoms with Crippen LogP contribution in [-0.4, -0.2) is 51.5 Å². The van der Waals surface area contributed by atoms with Crippen LogP contribution in [0.4, 0.5) is 24.5 Å². The van der Waals surface area contributed by atoms with Gasteiger partial charge in [0.05, 0.1) is 17.1 Å². The molecule has 184 valence electrons. The van der Waals surface area contributed by atoms with Crippen LogP contribution in [0.15, 0.2) is 48.5 Å². The first-order valence-corrected chi connectivity index (χ1v) is 13.2. The molecule has 0 aliphatic carbocycles. The van der Waals surface area contributed by atoms with Gasteiger partial charge in [-0.25, -0.2) is 8.42 Å². The van der Waals surface area contributed by atoms with Crippen molar-refractivity contribution < 1.29 is 26.4 Å². The van der Waals surface area contributed by atoms with Crippen LogP contribution < -0.4 is 15.5 Å². The molecule has 2 N–H and O–H groups in total. The smallest absolute Gasteiger partial charge is 0.371 e. The Labute approximate surface area is 197 Å². The molecule has 34 heavy (non-hydrogen) atoms. The number of halogens is 3. The zero-order valence-corrected chi connectivity index (χ0v) is 19.5. The molecule has 0 aromatic heterocycles. The summed E-state index contributed by atoms with van der Waals surface area (Å²) < 4.78 is 62.0. The summed E-state index contributed by atoms with van der Waals surface area (Å²) in [6.45, 7) is 2.35. The van der Waals surface area contributed by atoms with Crippen molar-refractivity contribution in [3.63, 3.8) is 0 Å². The third-order valence-corrected chi connectivity index (χ3v) is 8.28. The summed E-state index contributed by atoms with van der Waals surface area (Å²) in [6, 6.07) is 12.0. The van der Waals surface area contributed by atoms with Crippen molar-refractivity contribution in [2.75, 3.05) is 41.4 Å². The number of amides is 1. The number of carbonyl (C=O) groups is 1. The van der Waals surface area contributed by atoms with Crippen molar-refractivity contribution in [1.82, 2.24) is 5.32 Å². The van der Waals surface area contributed by atoms with Crippen LogP contribution in [0.5, 0.6) is 0 Å². The number of anilines is 2. The maximum atomic E-state index is 12.9. The summed E-state index contributed by atoms with van der Waals surface area (Å²) in [7, 11) is -2.86. The fraction of sp³-hybridized carbons (Fsp3) is 0.458. The summed E-state index contributed by atoms with van der Waals surface area (Å²) in [4.78, 5) is 14.7. The van der Waals surface area contributed by atoms with E-state index in [4.69, 9.17) is 0 Å². The number of piperidine rings is 1. The molecular weight excluding hydrogens is 467 g/mol. The van der Waals surface area contributed by atoms with Crippen LogP contribution in [0, 0.1) is 5.92 Å². The number of alkyl halides is 3. The highest BCUT2D eigenvalue weighted by atomic mass is 32.2. The summed E-state index contributed by atoms with van der Waals surface area (Å²) in [5, 5.41) is 6.20. The zero-order valence-electron chi connectivity index (χ0n) is 18.6. The van der Waals surface area contributed by atoms with E-state index in [1.807, 2.05) is 18.2 Å². The molecule has 2 aromatic rings. The van der Waals surface area contributed by atoms with Crippen molar-refractivity contribution in [2.45, 2.75) is 31.5 Å². The summed E-state index contributed by atoms with van der Waals surface area (Å²) in [5.74, 6) is 0.163.